The van der Waals surface area contributed by atoms with Gasteiger partial charge in [-0.05, 0) is 29.9 Å². The van der Waals surface area contributed by atoms with Gasteiger partial charge in [0, 0.05) is 13.0 Å². The molecule has 1 saturated heterocycles. The first-order chi connectivity index (χ1) is 9.63. The third-order valence-electron chi connectivity index (χ3n) is 4.16. The van der Waals surface area contributed by atoms with E-state index in [9.17, 15) is 9.90 Å². The van der Waals surface area contributed by atoms with Crippen molar-refractivity contribution in [2.24, 2.45) is 5.92 Å². The second-order valence-electron chi connectivity index (χ2n) is 5.77. The van der Waals surface area contributed by atoms with Gasteiger partial charge in [-0.15, -0.1) is 0 Å². The molecule has 0 aromatic heterocycles. The number of aryl methyl sites for hydroxylation is 1. The summed E-state index contributed by atoms with van der Waals surface area (Å²) >= 11 is 0. The molecule has 1 aliphatic heterocycles. The molecule has 1 aromatic rings. The lowest BCUT2D eigenvalue weighted by Crippen LogP contribution is -2.30. The predicted molar refractivity (Wildman–Crippen MR) is 80.4 cm³/mol. The quantitative estimate of drug-likeness (QED) is 0.867. The number of likely N-dealkylation sites (tertiary alicyclic amines) is 1. The van der Waals surface area contributed by atoms with Crippen LogP contribution in [0.4, 0.5) is 0 Å². The Morgan fingerprint density at radius 1 is 1.30 bits per heavy atom. The molecular weight excluding hydrogens is 250 g/mol. The molecule has 1 aliphatic rings. The third kappa shape index (κ3) is 3.60. The van der Waals surface area contributed by atoms with Crippen LogP contribution in [0.5, 0.6) is 0 Å². The molecule has 0 spiro atoms. The third-order valence-corrected chi connectivity index (χ3v) is 4.16. The molecule has 1 heterocycles. The Morgan fingerprint density at radius 3 is 2.60 bits per heavy atom. The van der Waals surface area contributed by atoms with Crippen molar-refractivity contribution in [1.82, 2.24) is 4.90 Å². The number of β-amino-alcohol motifs (C(OH)–C–C–N with tert-alkyl or cyclic N) is 1. The van der Waals surface area contributed by atoms with E-state index < -0.39 is 6.10 Å². The molecule has 0 aliphatic carbocycles. The molecule has 2 unspecified atom stereocenters. The summed E-state index contributed by atoms with van der Waals surface area (Å²) in [6, 6.07) is 8.02. The van der Waals surface area contributed by atoms with Gasteiger partial charge in [-0.1, -0.05) is 44.5 Å². The number of hydrogen-bond acceptors (Lipinski definition) is 2. The van der Waals surface area contributed by atoms with E-state index in [0.717, 1.165) is 31.4 Å². The largest absolute Gasteiger partial charge is 0.387 e. The number of carbonyl (C=O) groups is 1. The highest BCUT2D eigenvalue weighted by atomic mass is 16.3. The zero-order chi connectivity index (χ0) is 14.5. The van der Waals surface area contributed by atoms with Crippen LogP contribution in [-0.4, -0.2) is 29.0 Å². The molecule has 1 aromatic carbocycles. The second-order valence-corrected chi connectivity index (χ2v) is 5.77. The number of aliphatic hydroxyl groups is 1. The fraction of sp³-hybridized carbons (Fsp3) is 0.588. The summed E-state index contributed by atoms with van der Waals surface area (Å²) in [4.78, 5) is 13.8. The fourth-order valence-corrected chi connectivity index (χ4v) is 2.92. The van der Waals surface area contributed by atoms with Crippen molar-refractivity contribution in [3.8, 4) is 0 Å². The first-order valence-electron chi connectivity index (χ1n) is 7.68. The number of nitrogens with zero attached hydrogens (tertiary/aromatic N) is 1. The SMILES string of the molecule is CCCC1CC(=O)N(CC(O)c2ccc(CC)cc2)C1. The van der Waals surface area contributed by atoms with E-state index in [1.807, 2.05) is 29.2 Å². The number of hydrogen-bond donors (Lipinski definition) is 1. The molecule has 2 atom stereocenters. The van der Waals surface area contributed by atoms with Crippen molar-refractivity contribution in [3.63, 3.8) is 0 Å². The van der Waals surface area contributed by atoms with Crippen LogP contribution in [0.2, 0.25) is 0 Å². The predicted octanol–water partition coefficient (Wildman–Crippen LogP) is 2.93. The van der Waals surface area contributed by atoms with E-state index in [2.05, 4.69) is 13.8 Å². The van der Waals surface area contributed by atoms with Gasteiger partial charge in [0.1, 0.15) is 0 Å². The Kier molecular flexibility index (Phi) is 5.18. The lowest BCUT2D eigenvalue weighted by Gasteiger charge is -2.21. The molecule has 1 N–H and O–H groups in total. The number of aliphatic hydroxyl groups excluding tert-OH is 1. The molecular formula is C17H25NO2. The lowest BCUT2D eigenvalue weighted by molar-refractivity contribution is -0.129. The Hall–Kier alpha value is -1.35. The second kappa shape index (κ2) is 6.89. The maximum Gasteiger partial charge on any atom is 0.223 e. The molecule has 0 bridgehead atoms. The van der Waals surface area contributed by atoms with Crippen LogP contribution in [0, 0.1) is 5.92 Å². The minimum absolute atomic E-state index is 0.188. The highest BCUT2D eigenvalue weighted by molar-refractivity contribution is 5.78. The van der Waals surface area contributed by atoms with Crippen LogP contribution in [0.15, 0.2) is 24.3 Å². The summed E-state index contributed by atoms with van der Waals surface area (Å²) in [6.07, 6.45) is 3.29. The maximum atomic E-state index is 11.9. The van der Waals surface area contributed by atoms with Gasteiger partial charge in [-0.2, -0.15) is 0 Å². The van der Waals surface area contributed by atoms with Crippen molar-refractivity contribution in [2.45, 2.75) is 45.6 Å². The summed E-state index contributed by atoms with van der Waals surface area (Å²) < 4.78 is 0. The van der Waals surface area contributed by atoms with Crippen molar-refractivity contribution < 1.29 is 9.90 Å². The van der Waals surface area contributed by atoms with Crippen LogP contribution in [0.3, 0.4) is 0 Å². The van der Waals surface area contributed by atoms with Gasteiger partial charge in [0.25, 0.3) is 0 Å². The molecule has 1 fully saturated rings. The van der Waals surface area contributed by atoms with Crippen molar-refractivity contribution in [2.75, 3.05) is 13.1 Å². The summed E-state index contributed by atoms with van der Waals surface area (Å²) in [6.45, 7) is 5.49. The monoisotopic (exact) mass is 275 g/mol. The highest BCUT2D eigenvalue weighted by Gasteiger charge is 2.30. The standard InChI is InChI=1S/C17H25NO2/c1-3-5-14-10-17(20)18(11-14)12-16(19)15-8-6-13(4-2)7-9-15/h6-9,14,16,19H,3-5,10-12H2,1-2H3. The van der Waals surface area contributed by atoms with Crippen LogP contribution >= 0.6 is 0 Å². The van der Waals surface area contributed by atoms with Gasteiger partial charge in [0.15, 0.2) is 0 Å². The van der Waals surface area contributed by atoms with Gasteiger partial charge in [0.2, 0.25) is 5.91 Å². The number of carbonyl (C=O) groups excluding carboxylic acids is 1. The minimum atomic E-state index is -0.578. The van der Waals surface area contributed by atoms with Crippen LogP contribution in [0.25, 0.3) is 0 Å². The lowest BCUT2D eigenvalue weighted by atomic mass is 10.0. The number of benzene rings is 1. The van der Waals surface area contributed by atoms with Crippen molar-refractivity contribution in [3.05, 3.63) is 35.4 Å². The smallest absolute Gasteiger partial charge is 0.223 e. The highest BCUT2D eigenvalue weighted by Crippen LogP contribution is 2.25. The first kappa shape index (κ1) is 15.0. The van der Waals surface area contributed by atoms with Gasteiger partial charge in [-0.3, -0.25) is 4.79 Å². The van der Waals surface area contributed by atoms with Crippen LogP contribution in [0.1, 0.15) is 50.3 Å². The Morgan fingerprint density at radius 2 is 2.00 bits per heavy atom. The molecule has 0 saturated carbocycles. The number of amides is 1. The summed E-state index contributed by atoms with van der Waals surface area (Å²) in [5.41, 5.74) is 2.16. The topological polar surface area (TPSA) is 40.5 Å². The van der Waals surface area contributed by atoms with E-state index in [1.54, 1.807) is 0 Å². The molecule has 3 heteroatoms. The maximum absolute atomic E-state index is 11.9. The Labute approximate surface area is 121 Å². The molecule has 2 rings (SSSR count). The van der Waals surface area contributed by atoms with Gasteiger partial charge in [0.05, 0.1) is 12.6 Å². The fourth-order valence-electron chi connectivity index (χ4n) is 2.92. The van der Waals surface area contributed by atoms with Gasteiger partial charge < -0.3 is 10.0 Å². The van der Waals surface area contributed by atoms with Gasteiger partial charge in [-0.25, -0.2) is 0 Å². The first-order valence-corrected chi connectivity index (χ1v) is 7.68. The van der Waals surface area contributed by atoms with Crippen LogP contribution < -0.4 is 0 Å². The zero-order valence-corrected chi connectivity index (χ0v) is 12.5. The summed E-state index contributed by atoms with van der Waals surface area (Å²) in [5, 5.41) is 10.3. The van der Waals surface area contributed by atoms with E-state index in [-0.39, 0.29) is 5.91 Å². The Balaban J connectivity index is 1.93. The van der Waals surface area contributed by atoms with Crippen molar-refractivity contribution >= 4 is 5.91 Å². The average Bonchev–Trinajstić information content (AvgIpc) is 2.79. The van der Waals surface area contributed by atoms with Crippen molar-refractivity contribution in [1.29, 1.82) is 0 Å². The van der Waals surface area contributed by atoms with E-state index in [4.69, 9.17) is 0 Å². The van der Waals surface area contributed by atoms with E-state index in [1.165, 1.54) is 5.56 Å². The number of rotatable bonds is 6. The zero-order valence-electron chi connectivity index (χ0n) is 12.5. The van der Waals surface area contributed by atoms with Crippen LogP contribution in [-0.2, 0) is 11.2 Å². The molecule has 110 valence electrons. The van der Waals surface area contributed by atoms with E-state index >= 15 is 0 Å². The Bertz CT molecular complexity index is 441. The summed E-state index contributed by atoms with van der Waals surface area (Å²) in [7, 11) is 0. The normalized spacial score (nSPS) is 20.4. The van der Waals surface area contributed by atoms with Gasteiger partial charge >= 0.3 is 0 Å². The molecule has 1 amide bonds. The van der Waals surface area contributed by atoms with E-state index in [0.29, 0.717) is 18.9 Å². The summed E-state index contributed by atoms with van der Waals surface area (Å²) in [5.74, 6) is 0.662. The molecule has 20 heavy (non-hydrogen) atoms. The molecule has 0 radical (unpaired) electrons. The minimum Gasteiger partial charge on any atom is -0.387 e. The average molecular weight is 275 g/mol. The molecule has 3 nitrogen and oxygen atoms in total.